The second-order valence-corrected chi connectivity index (χ2v) is 6.86. The van der Waals surface area contributed by atoms with Gasteiger partial charge in [-0.05, 0) is 12.1 Å². The first-order valence-electron chi connectivity index (χ1n) is 7.51. The van der Waals surface area contributed by atoms with E-state index in [1.807, 2.05) is 29.7 Å². The zero-order valence-corrected chi connectivity index (χ0v) is 13.4. The van der Waals surface area contributed by atoms with Crippen molar-refractivity contribution in [3.05, 3.63) is 23.7 Å². The van der Waals surface area contributed by atoms with Crippen LogP contribution in [0.2, 0.25) is 0 Å². The molecule has 0 aliphatic carbocycles. The van der Waals surface area contributed by atoms with Crippen molar-refractivity contribution in [3.63, 3.8) is 0 Å². The van der Waals surface area contributed by atoms with E-state index in [4.69, 9.17) is 4.42 Å². The molecule has 1 amide bonds. The molecule has 3 rings (SSSR count). The van der Waals surface area contributed by atoms with Gasteiger partial charge >= 0.3 is 0 Å². The standard InChI is InChI=1S/C15H21N3O2S/c1-3-12-4-5-13(20-12)14(19)17-6-8-18(9-7-17)15-16-10-11(2)21-15/h4-5,11H,3,6-10H2,1-2H3/t11-/m0/s1. The van der Waals surface area contributed by atoms with E-state index in [1.54, 1.807) is 6.07 Å². The van der Waals surface area contributed by atoms with Gasteiger partial charge in [-0.15, -0.1) is 0 Å². The maximum Gasteiger partial charge on any atom is 0.289 e. The number of aryl methyl sites for hydroxylation is 1. The van der Waals surface area contributed by atoms with Crippen LogP contribution in [0.25, 0.3) is 0 Å². The molecule has 0 N–H and O–H groups in total. The SMILES string of the molecule is CCc1ccc(C(=O)N2CCN(C3=NC[C@H](C)S3)CC2)o1. The number of amides is 1. The quantitative estimate of drug-likeness (QED) is 0.839. The predicted molar refractivity (Wildman–Crippen MR) is 84.9 cm³/mol. The lowest BCUT2D eigenvalue weighted by Crippen LogP contribution is -2.49. The van der Waals surface area contributed by atoms with Crippen LogP contribution in [-0.4, -0.2) is 58.8 Å². The highest BCUT2D eigenvalue weighted by Gasteiger charge is 2.28. The minimum absolute atomic E-state index is 0.00346. The molecular weight excluding hydrogens is 286 g/mol. The Balaban J connectivity index is 1.57. The van der Waals surface area contributed by atoms with E-state index in [1.165, 1.54) is 0 Å². The number of aliphatic imine (C=N–C) groups is 1. The molecule has 2 aliphatic rings. The summed E-state index contributed by atoms with van der Waals surface area (Å²) in [4.78, 5) is 21.1. The highest BCUT2D eigenvalue weighted by Crippen LogP contribution is 2.24. The Morgan fingerprint density at radius 3 is 2.71 bits per heavy atom. The van der Waals surface area contributed by atoms with Gasteiger partial charge in [0.1, 0.15) is 5.76 Å². The van der Waals surface area contributed by atoms with E-state index in [-0.39, 0.29) is 5.91 Å². The third-order valence-corrected chi connectivity index (χ3v) is 5.00. The van der Waals surface area contributed by atoms with Crippen LogP contribution in [0.4, 0.5) is 0 Å². The molecule has 0 aromatic carbocycles. The van der Waals surface area contributed by atoms with Crippen LogP contribution in [0, 0.1) is 0 Å². The number of furan rings is 1. The molecule has 114 valence electrons. The van der Waals surface area contributed by atoms with Crippen molar-refractivity contribution in [2.75, 3.05) is 32.7 Å². The van der Waals surface area contributed by atoms with Gasteiger partial charge in [0.25, 0.3) is 5.91 Å². The Labute approximate surface area is 129 Å². The first-order valence-corrected chi connectivity index (χ1v) is 8.39. The normalized spacial score (nSPS) is 22.6. The Kier molecular flexibility index (Phi) is 4.24. The molecule has 1 fully saturated rings. The van der Waals surface area contributed by atoms with Gasteiger partial charge in [-0.2, -0.15) is 0 Å². The van der Waals surface area contributed by atoms with E-state index in [0.29, 0.717) is 11.0 Å². The maximum absolute atomic E-state index is 12.4. The second kappa shape index (κ2) is 6.13. The van der Waals surface area contributed by atoms with E-state index in [2.05, 4.69) is 16.8 Å². The fraction of sp³-hybridized carbons (Fsp3) is 0.600. The molecule has 0 spiro atoms. The Morgan fingerprint density at radius 2 is 2.14 bits per heavy atom. The van der Waals surface area contributed by atoms with Crippen LogP contribution >= 0.6 is 11.8 Å². The predicted octanol–water partition coefficient (Wildman–Crippen LogP) is 2.09. The summed E-state index contributed by atoms with van der Waals surface area (Å²) in [5.74, 6) is 1.33. The molecule has 1 saturated heterocycles. The number of piperazine rings is 1. The summed E-state index contributed by atoms with van der Waals surface area (Å²) < 4.78 is 5.56. The number of hydrogen-bond donors (Lipinski definition) is 0. The number of rotatable bonds is 2. The topological polar surface area (TPSA) is 49.1 Å². The second-order valence-electron chi connectivity index (χ2n) is 5.45. The van der Waals surface area contributed by atoms with Crippen molar-refractivity contribution in [1.82, 2.24) is 9.80 Å². The Morgan fingerprint density at radius 1 is 1.38 bits per heavy atom. The molecule has 1 aromatic rings. The molecule has 0 unspecified atom stereocenters. The van der Waals surface area contributed by atoms with Crippen molar-refractivity contribution < 1.29 is 9.21 Å². The van der Waals surface area contributed by atoms with Crippen LogP contribution in [0.3, 0.4) is 0 Å². The summed E-state index contributed by atoms with van der Waals surface area (Å²) in [6.07, 6.45) is 0.816. The fourth-order valence-electron chi connectivity index (χ4n) is 2.58. The zero-order valence-electron chi connectivity index (χ0n) is 12.5. The molecule has 2 aliphatic heterocycles. The maximum atomic E-state index is 12.4. The van der Waals surface area contributed by atoms with Crippen molar-refractivity contribution >= 4 is 22.8 Å². The van der Waals surface area contributed by atoms with Crippen LogP contribution in [0.15, 0.2) is 21.5 Å². The smallest absolute Gasteiger partial charge is 0.289 e. The van der Waals surface area contributed by atoms with Crippen molar-refractivity contribution in [1.29, 1.82) is 0 Å². The van der Waals surface area contributed by atoms with Gasteiger partial charge in [0.2, 0.25) is 0 Å². The van der Waals surface area contributed by atoms with Crippen LogP contribution in [-0.2, 0) is 6.42 Å². The van der Waals surface area contributed by atoms with E-state index in [0.717, 1.165) is 50.1 Å². The summed E-state index contributed by atoms with van der Waals surface area (Å²) in [6.45, 7) is 8.29. The van der Waals surface area contributed by atoms with Gasteiger partial charge in [-0.25, -0.2) is 0 Å². The van der Waals surface area contributed by atoms with Gasteiger partial charge in [-0.3, -0.25) is 9.79 Å². The lowest BCUT2D eigenvalue weighted by molar-refractivity contribution is 0.0660. The van der Waals surface area contributed by atoms with Crippen LogP contribution in [0.5, 0.6) is 0 Å². The number of carbonyl (C=O) groups excluding carboxylic acids is 1. The third kappa shape index (κ3) is 3.10. The fourth-order valence-corrected chi connectivity index (χ4v) is 3.56. The summed E-state index contributed by atoms with van der Waals surface area (Å²) in [5.41, 5.74) is 0. The molecule has 3 heterocycles. The van der Waals surface area contributed by atoms with Crippen molar-refractivity contribution in [3.8, 4) is 0 Å². The van der Waals surface area contributed by atoms with Gasteiger partial charge in [0.15, 0.2) is 10.9 Å². The molecule has 0 radical (unpaired) electrons. The summed E-state index contributed by atoms with van der Waals surface area (Å²) in [6, 6.07) is 3.67. The third-order valence-electron chi connectivity index (χ3n) is 3.85. The van der Waals surface area contributed by atoms with Crippen molar-refractivity contribution in [2.45, 2.75) is 25.5 Å². The highest BCUT2D eigenvalue weighted by atomic mass is 32.2. The highest BCUT2D eigenvalue weighted by molar-refractivity contribution is 8.14. The Hall–Kier alpha value is -1.43. The summed E-state index contributed by atoms with van der Waals surface area (Å²) in [7, 11) is 0. The monoisotopic (exact) mass is 307 g/mol. The largest absolute Gasteiger partial charge is 0.456 e. The first-order chi connectivity index (χ1) is 10.2. The van der Waals surface area contributed by atoms with E-state index in [9.17, 15) is 4.79 Å². The number of amidine groups is 1. The minimum atomic E-state index is 0.00346. The molecule has 0 saturated carbocycles. The average molecular weight is 307 g/mol. The number of carbonyl (C=O) groups is 1. The summed E-state index contributed by atoms with van der Waals surface area (Å²) in [5, 5.41) is 1.72. The number of hydrogen-bond acceptors (Lipinski definition) is 5. The molecule has 0 bridgehead atoms. The lowest BCUT2D eigenvalue weighted by atomic mass is 10.3. The molecule has 1 atom stereocenters. The van der Waals surface area contributed by atoms with Crippen LogP contribution < -0.4 is 0 Å². The lowest BCUT2D eigenvalue weighted by Gasteiger charge is -2.35. The van der Waals surface area contributed by atoms with E-state index < -0.39 is 0 Å². The number of nitrogens with zero attached hydrogens (tertiary/aromatic N) is 3. The van der Waals surface area contributed by atoms with E-state index >= 15 is 0 Å². The molecule has 5 nitrogen and oxygen atoms in total. The zero-order chi connectivity index (χ0) is 14.8. The first kappa shape index (κ1) is 14.5. The molecular formula is C15H21N3O2S. The van der Waals surface area contributed by atoms with Gasteiger partial charge in [-0.1, -0.05) is 25.6 Å². The van der Waals surface area contributed by atoms with Gasteiger partial charge in [0.05, 0.1) is 6.54 Å². The van der Waals surface area contributed by atoms with Crippen LogP contribution in [0.1, 0.15) is 30.2 Å². The summed E-state index contributed by atoms with van der Waals surface area (Å²) >= 11 is 1.84. The average Bonchev–Trinajstić information content (AvgIpc) is 3.15. The Bertz CT molecular complexity index is 547. The minimum Gasteiger partial charge on any atom is -0.456 e. The molecule has 21 heavy (non-hydrogen) atoms. The number of thioether (sulfide) groups is 1. The van der Waals surface area contributed by atoms with Gasteiger partial charge < -0.3 is 14.2 Å². The van der Waals surface area contributed by atoms with Gasteiger partial charge in [0, 0.05) is 37.8 Å². The molecule has 1 aromatic heterocycles. The molecule has 6 heteroatoms. The van der Waals surface area contributed by atoms with Crippen molar-refractivity contribution in [2.24, 2.45) is 4.99 Å².